The van der Waals surface area contributed by atoms with E-state index in [1.807, 2.05) is 13.8 Å². The van der Waals surface area contributed by atoms with Crippen LogP contribution in [0.2, 0.25) is 0 Å². The minimum atomic E-state index is 0.926. The van der Waals surface area contributed by atoms with Crippen LogP contribution in [0.25, 0.3) is 0 Å². The molecule has 11 heavy (non-hydrogen) atoms. The Morgan fingerprint density at radius 2 is 1.64 bits per heavy atom. The van der Waals surface area contributed by atoms with E-state index in [9.17, 15) is 0 Å². The molecule has 64 valence electrons. The average molecular weight is 152 g/mol. The van der Waals surface area contributed by atoms with Gasteiger partial charge in [-0.15, -0.1) is 0 Å². The zero-order chi connectivity index (χ0) is 8.27. The first kappa shape index (κ1) is 8.83. The van der Waals surface area contributed by atoms with E-state index in [2.05, 4.69) is 6.58 Å². The molecule has 0 heterocycles. The van der Waals surface area contributed by atoms with Crippen LogP contribution < -0.4 is 0 Å². The Hall–Kier alpha value is -0.260. The van der Waals surface area contributed by atoms with Crippen molar-refractivity contribution in [3.05, 3.63) is 12.2 Å². The van der Waals surface area contributed by atoms with Crippen LogP contribution in [0.15, 0.2) is 12.2 Å². The van der Waals surface area contributed by atoms with Gasteiger partial charge in [0.25, 0.3) is 0 Å². The first-order valence-corrected chi connectivity index (χ1v) is 5.04. The third-order valence-electron chi connectivity index (χ3n) is 2.97. The fourth-order valence-corrected chi connectivity index (χ4v) is 2.31. The summed E-state index contributed by atoms with van der Waals surface area (Å²) in [7, 11) is 0. The molecule has 3 aliphatic carbocycles. The van der Waals surface area contributed by atoms with Crippen molar-refractivity contribution in [2.75, 3.05) is 0 Å². The van der Waals surface area contributed by atoms with Gasteiger partial charge in [-0.05, 0) is 43.9 Å². The first-order chi connectivity index (χ1) is 5.36. The Balaban J connectivity index is 0.000000281. The van der Waals surface area contributed by atoms with E-state index in [0.29, 0.717) is 0 Å². The molecule has 0 aliphatic heterocycles. The molecular formula is C11H20. The maximum atomic E-state index is 4.10. The lowest BCUT2D eigenvalue weighted by atomic mass is 9.68. The van der Waals surface area contributed by atoms with Gasteiger partial charge in [-0.2, -0.15) is 0 Å². The van der Waals surface area contributed by atoms with Gasteiger partial charge < -0.3 is 0 Å². The molecule has 0 aromatic rings. The van der Waals surface area contributed by atoms with E-state index < -0.39 is 0 Å². The van der Waals surface area contributed by atoms with Crippen LogP contribution in [0, 0.1) is 11.8 Å². The summed E-state index contributed by atoms with van der Waals surface area (Å²) in [6.07, 6.45) is 7.23. The summed E-state index contributed by atoms with van der Waals surface area (Å²) in [6.45, 7) is 8.10. The SMILES string of the molecule is C=C1CC2CCC1CC2.CC. The Morgan fingerprint density at radius 3 is 1.82 bits per heavy atom. The zero-order valence-corrected chi connectivity index (χ0v) is 7.90. The van der Waals surface area contributed by atoms with E-state index in [1.54, 1.807) is 5.57 Å². The molecule has 3 rings (SSSR count). The highest BCUT2D eigenvalue weighted by molar-refractivity contribution is 5.08. The van der Waals surface area contributed by atoms with E-state index in [1.165, 1.54) is 32.1 Å². The molecule has 3 saturated carbocycles. The van der Waals surface area contributed by atoms with Gasteiger partial charge in [0.1, 0.15) is 0 Å². The normalized spacial score (nSPS) is 34.5. The lowest BCUT2D eigenvalue weighted by molar-refractivity contribution is 0.240. The molecule has 0 amide bonds. The Kier molecular flexibility index (Phi) is 3.16. The fourth-order valence-electron chi connectivity index (χ4n) is 2.31. The molecule has 0 aromatic heterocycles. The first-order valence-electron chi connectivity index (χ1n) is 5.04. The van der Waals surface area contributed by atoms with E-state index in [4.69, 9.17) is 0 Å². The fraction of sp³-hybridized carbons (Fsp3) is 0.818. The quantitative estimate of drug-likeness (QED) is 0.463. The van der Waals surface area contributed by atoms with Gasteiger partial charge in [-0.1, -0.05) is 26.0 Å². The van der Waals surface area contributed by atoms with E-state index in [0.717, 1.165) is 11.8 Å². The summed E-state index contributed by atoms with van der Waals surface area (Å²) in [5.74, 6) is 1.96. The van der Waals surface area contributed by atoms with Crippen LogP contribution in [-0.2, 0) is 0 Å². The summed E-state index contributed by atoms with van der Waals surface area (Å²) < 4.78 is 0. The highest BCUT2D eigenvalue weighted by Gasteiger charge is 2.29. The summed E-state index contributed by atoms with van der Waals surface area (Å²) in [5, 5.41) is 0. The van der Waals surface area contributed by atoms with Gasteiger partial charge in [0.2, 0.25) is 0 Å². The molecule has 0 spiro atoms. The third kappa shape index (κ3) is 1.85. The minimum Gasteiger partial charge on any atom is -0.0996 e. The van der Waals surface area contributed by atoms with Crippen LogP contribution in [0.1, 0.15) is 46.0 Å². The molecular weight excluding hydrogens is 132 g/mol. The molecule has 0 radical (unpaired) electrons. The summed E-state index contributed by atoms with van der Waals surface area (Å²) in [5.41, 5.74) is 1.55. The molecule has 0 unspecified atom stereocenters. The number of rotatable bonds is 0. The van der Waals surface area contributed by atoms with Crippen LogP contribution >= 0.6 is 0 Å². The second kappa shape index (κ2) is 3.94. The van der Waals surface area contributed by atoms with Crippen molar-refractivity contribution in [1.29, 1.82) is 0 Å². The average Bonchev–Trinajstić information content (AvgIpc) is 2.10. The second-order valence-corrected chi connectivity index (χ2v) is 3.58. The minimum absolute atomic E-state index is 0.926. The number of fused-ring (bicyclic) bond motifs is 3. The predicted octanol–water partition coefficient (Wildman–Crippen LogP) is 3.78. The largest absolute Gasteiger partial charge is 0.0996 e. The van der Waals surface area contributed by atoms with Crippen molar-refractivity contribution < 1.29 is 0 Å². The van der Waals surface area contributed by atoms with E-state index in [-0.39, 0.29) is 0 Å². The lowest BCUT2D eigenvalue weighted by Gasteiger charge is -2.37. The van der Waals surface area contributed by atoms with Gasteiger partial charge in [-0.3, -0.25) is 0 Å². The zero-order valence-electron chi connectivity index (χ0n) is 7.90. The topological polar surface area (TPSA) is 0 Å². The van der Waals surface area contributed by atoms with Gasteiger partial charge >= 0.3 is 0 Å². The van der Waals surface area contributed by atoms with Crippen molar-refractivity contribution in [2.45, 2.75) is 46.0 Å². The lowest BCUT2D eigenvalue weighted by Crippen LogP contribution is -2.23. The molecule has 0 N–H and O–H groups in total. The van der Waals surface area contributed by atoms with Gasteiger partial charge in [-0.25, -0.2) is 0 Å². The Morgan fingerprint density at radius 1 is 1.09 bits per heavy atom. The number of allylic oxidation sites excluding steroid dienone is 1. The third-order valence-corrected chi connectivity index (χ3v) is 2.97. The second-order valence-electron chi connectivity index (χ2n) is 3.58. The summed E-state index contributed by atoms with van der Waals surface area (Å²) in [6, 6.07) is 0. The number of hydrogen-bond acceptors (Lipinski definition) is 0. The molecule has 3 aliphatic rings. The van der Waals surface area contributed by atoms with Crippen LogP contribution in [0.4, 0.5) is 0 Å². The van der Waals surface area contributed by atoms with Crippen molar-refractivity contribution in [2.24, 2.45) is 11.8 Å². The molecule has 0 nitrogen and oxygen atoms in total. The summed E-state index contributed by atoms with van der Waals surface area (Å²) in [4.78, 5) is 0. The van der Waals surface area contributed by atoms with E-state index >= 15 is 0 Å². The predicted molar refractivity (Wildman–Crippen MR) is 50.6 cm³/mol. The van der Waals surface area contributed by atoms with Gasteiger partial charge in [0.15, 0.2) is 0 Å². The molecule has 3 fully saturated rings. The van der Waals surface area contributed by atoms with Gasteiger partial charge in [0, 0.05) is 0 Å². The smallest absolute Gasteiger partial charge is 0.0206 e. The van der Waals surface area contributed by atoms with Crippen molar-refractivity contribution >= 4 is 0 Å². The number of hydrogen-bond donors (Lipinski definition) is 0. The molecule has 0 aromatic carbocycles. The Labute approximate surface area is 70.7 Å². The highest BCUT2D eigenvalue weighted by atomic mass is 14.3. The molecule has 2 bridgehead atoms. The molecule has 0 heteroatoms. The van der Waals surface area contributed by atoms with Crippen LogP contribution in [0.5, 0.6) is 0 Å². The maximum Gasteiger partial charge on any atom is -0.0206 e. The Bertz CT molecular complexity index is 127. The molecule has 0 atom stereocenters. The van der Waals surface area contributed by atoms with Crippen molar-refractivity contribution in [1.82, 2.24) is 0 Å². The summed E-state index contributed by atoms with van der Waals surface area (Å²) >= 11 is 0. The van der Waals surface area contributed by atoms with Crippen LogP contribution in [-0.4, -0.2) is 0 Å². The van der Waals surface area contributed by atoms with Gasteiger partial charge in [0.05, 0.1) is 0 Å². The molecule has 0 saturated heterocycles. The highest BCUT2D eigenvalue weighted by Crippen LogP contribution is 2.43. The van der Waals surface area contributed by atoms with Crippen LogP contribution in [0.3, 0.4) is 0 Å². The van der Waals surface area contributed by atoms with Crippen molar-refractivity contribution in [3.63, 3.8) is 0 Å². The standard InChI is InChI=1S/C9H14.C2H6/c1-7-6-8-2-4-9(7)5-3-8;1-2/h8-9H,1-6H2;1-2H3. The van der Waals surface area contributed by atoms with Crippen molar-refractivity contribution in [3.8, 4) is 0 Å². The monoisotopic (exact) mass is 152 g/mol. The maximum absolute atomic E-state index is 4.10.